The quantitative estimate of drug-likeness (QED) is 0.504. The largest absolute Gasteiger partial charge is 0.416 e. The lowest BCUT2D eigenvalue weighted by Gasteiger charge is -2.06. The Hall–Kier alpha value is -1.38. The van der Waals surface area contributed by atoms with Crippen LogP contribution in [0.2, 0.25) is 0 Å². The Morgan fingerprint density at radius 2 is 1.58 bits per heavy atom. The molecule has 0 amide bonds. The molecule has 96 valence electrons. The van der Waals surface area contributed by atoms with E-state index < -0.39 is 11.7 Å². The summed E-state index contributed by atoms with van der Waals surface area (Å²) in [5.41, 5.74) is 0.255. The number of alkyl halides is 3. The lowest BCUT2D eigenvalue weighted by atomic mass is 10.1. The molecular weight excluding hydrogens is 288 g/mol. The standard InChI is InChI=1S/C14H8F3PS/c15-14(16,17)10-7-5-9(6-8-10)13-18-11-3-1-2-4-12(11)19-13/h1-8H. The second-order valence-corrected chi connectivity index (χ2v) is 6.57. The molecule has 0 saturated heterocycles. The predicted molar refractivity (Wildman–Crippen MR) is 74.8 cm³/mol. The summed E-state index contributed by atoms with van der Waals surface area (Å²) in [5.74, 6) is 0. The van der Waals surface area contributed by atoms with Crippen LogP contribution in [-0.4, -0.2) is 0 Å². The second kappa shape index (κ2) is 4.62. The number of rotatable bonds is 1. The molecule has 0 N–H and O–H groups in total. The van der Waals surface area contributed by atoms with Crippen molar-refractivity contribution >= 4 is 29.3 Å². The van der Waals surface area contributed by atoms with Crippen LogP contribution in [0.5, 0.6) is 0 Å². The van der Waals surface area contributed by atoms with Crippen LogP contribution in [0.25, 0.3) is 20.0 Å². The summed E-state index contributed by atoms with van der Waals surface area (Å²) in [6.07, 6.45) is -4.27. The number of hydrogen-bond donors (Lipinski definition) is 0. The molecule has 0 atom stereocenters. The molecule has 1 aromatic heterocycles. The highest BCUT2D eigenvalue weighted by molar-refractivity contribution is 7.54. The fourth-order valence-electron chi connectivity index (χ4n) is 1.80. The van der Waals surface area contributed by atoms with Crippen molar-refractivity contribution in [2.45, 2.75) is 6.18 Å². The molecule has 0 nitrogen and oxygen atoms in total. The first kappa shape index (κ1) is 12.6. The maximum atomic E-state index is 12.5. The molecule has 0 aliphatic carbocycles. The van der Waals surface area contributed by atoms with Crippen LogP contribution in [-0.2, 0) is 6.18 Å². The first-order valence-electron chi connectivity index (χ1n) is 5.57. The minimum Gasteiger partial charge on any atom is -0.166 e. The Morgan fingerprint density at radius 3 is 2.21 bits per heavy atom. The zero-order valence-electron chi connectivity index (χ0n) is 9.61. The van der Waals surface area contributed by atoms with Crippen LogP contribution in [0.1, 0.15) is 5.56 Å². The molecule has 0 bridgehead atoms. The maximum Gasteiger partial charge on any atom is 0.416 e. The van der Waals surface area contributed by atoms with E-state index in [0.29, 0.717) is 0 Å². The summed E-state index contributed by atoms with van der Waals surface area (Å²) in [6.45, 7) is 0. The zero-order valence-corrected chi connectivity index (χ0v) is 11.3. The van der Waals surface area contributed by atoms with Gasteiger partial charge in [0.25, 0.3) is 0 Å². The van der Waals surface area contributed by atoms with Gasteiger partial charge in [-0.25, -0.2) is 0 Å². The molecule has 0 spiro atoms. The molecule has 0 saturated carbocycles. The van der Waals surface area contributed by atoms with E-state index in [1.165, 1.54) is 9.82 Å². The van der Waals surface area contributed by atoms with Gasteiger partial charge in [0.2, 0.25) is 0 Å². The number of halogens is 3. The number of fused-ring (bicyclic) bond motifs is 1. The second-order valence-electron chi connectivity index (χ2n) is 4.06. The lowest BCUT2D eigenvalue weighted by molar-refractivity contribution is -0.137. The third-order valence-electron chi connectivity index (χ3n) is 2.75. The summed E-state index contributed by atoms with van der Waals surface area (Å²) in [6, 6.07) is 13.4. The predicted octanol–water partition coefficient (Wildman–Crippen LogP) is 6.17. The van der Waals surface area contributed by atoms with Gasteiger partial charge in [0, 0.05) is 9.82 Å². The van der Waals surface area contributed by atoms with Gasteiger partial charge in [-0.2, -0.15) is 13.2 Å². The van der Waals surface area contributed by atoms with E-state index in [9.17, 15) is 13.2 Å². The maximum absolute atomic E-state index is 12.5. The van der Waals surface area contributed by atoms with Gasteiger partial charge in [0.15, 0.2) is 0 Å². The highest BCUT2D eigenvalue weighted by Gasteiger charge is 2.30. The minimum absolute atomic E-state index is 0.603. The van der Waals surface area contributed by atoms with Crippen LogP contribution < -0.4 is 0 Å². The Kier molecular flexibility index (Phi) is 3.08. The van der Waals surface area contributed by atoms with Gasteiger partial charge < -0.3 is 0 Å². The van der Waals surface area contributed by atoms with Crippen LogP contribution >= 0.6 is 19.5 Å². The van der Waals surface area contributed by atoms with Crippen molar-refractivity contribution in [1.82, 2.24) is 0 Å². The average molecular weight is 296 g/mol. The van der Waals surface area contributed by atoms with E-state index in [1.54, 1.807) is 23.5 Å². The Bertz CT molecular complexity index is 680. The van der Waals surface area contributed by atoms with Gasteiger partial charge >= 0.3 is 6.18 Å². The van der Waals surface area contributed by atoms with E-state index in [0.717, 1.165) is 30.5 Å². The van der Waals surface area contributed by atoms with Gasteiger partial charge in [-0.1, -0.05) is 24.3 Å². The number of hydrogen-bond acceptors (Lipinski definition) is 1. The normalized spacial score (nSPS) is 12.4. The Morgan fingerprint density at radius 1 is 0.895 bits per heavy atom. The monoisotopic (exact) mass is 296 g/mol. The van der Waals surface area contributed by atoms with Crippen molar-refractivity contribution in [3.63, 3.8) is 0 Å². The van der Waals surface area contributed by atoms with Crippen molar-refractivity contribution < 1.29 is 13.2 Å². The van der Waals surface area contributed by atoms with Crippen molar-refractivity contribution in [3.8, 4) is 10.2 Å². The summed E-state index contributed by atoms with van der Waals surface area (Å²) >= 11 is 1.63. The summed E-state index contributed by atoms with van der Waals surface area (Å²) in [5, 5.41) is 1.21. The van der Waals surface area contributed by atoms with Gasteiger partial charge in [0.05, 0.1) is 10.2 Å². The molecule has 0 aliphatic rings. The molecule has 0 fully saturated rings. The summed E-state index contributed by atoms with van der Waals surface area (Å²) in [4.78, 5) is 0. The lowest BCUT2D eigenvalue weighted by Crippen LogP contribution is -2.03. The molecular formula is C14H8F3PS. The third-order valence-corrected chi connectivity index (χ3v) is 5.55. The van der Waals surface area contributed by atoms with Crippen molar-refractivity contribution in [2.75, 3.05) is 0 Å². The fraction of sp³-hybridized carbons (Fsp3) is 0.0714. The van der Waals surface area contributed by atoms with E-state index in [4.69, 9.17) is 0 Å². The van der Waals surface area contributed by atoms with Crippen molar-refractivity contribution in [2.24, 2.45) is 0 Å². The zero-order chi connectivity index (χ0) is 13.5. The Balaban J connectivity index is 2.02. The van der Waals surface area contributed by atoms with Crippen LogP contribution in [0.15, 0.2) is 48.5 Å². The average Bonchev–Trinajstić information content (AvgIpc) is 2.81. The van der Waals surface area contributed by atoms with Crippen LogP contribution in [0.3, 0.4) is 0 Å². The molecule has 0 aliphatic heterocycles. The van der Waals surface area contributed by atoms with E-state index >= 15 is 0 Å². The van der Waals surface area contributed by atoms with Gasteiger partial charge in [-0.15, -0.1) is 11.3 Å². The summed E-state index contributed by atoms with van der Waals surface area (Å²) in [7, 11) is 1.07. The molecule has 2 aromatic carbocycles. The van der Waals surface area contributed by atoms with Gasteiger partial charge in [0.1, 0.15) is 0 Å². The third kappa shape index (κ3) is 2.51. The van der Waals surface area contributed by atoms with Gasteiger partial charge in [-0.3, -0.25) is 0 Å². The topological polar surface area (TPSA) is 0 Å². The van der Waals surface area contributed by atoms with E-state index in [1.807, 2.05) is 24.3 Å². The van der Waals surface area contributed by atoms with Crippen molar-refractivity contribution in [3.05, 3.63) is 54.1 Å². The van der Waals surface area contributed by atoms with Crippen molar-refractivity contribution in [1.29, 1.82) is 0 Å². The molecule has 19 heavy (non-hydrogen) atoms. The minimum atomic E-state index is -4.27. The van der Waals surface area contributed by atoms with E-state index in [2.05, 4.69) is 0 Å². The molecule has 1 heterocycles. The van der Waals surface area contributed by atoms with Crippen LogP contribution in [0, 0.1) is 0 Å². The first-order valence-corrected chi connectivity index (χ1v) is 7.28. The molecule has 0 radical (unpaired) electrons. The SMILES string of the molecule is FC(F)(F)c1ccc(-c2pc3ccccc3s2)cc1. The Labute approximate surface area is 113 Å². The molecule has 5 heteroatoms. The highest BCUT2D eigenvalue weighted by atomic mass is 32.1. The van der Waals surface area contributed by atoms with Crippen LogP contribution in [0.4, 0.5) is 13.2 Å². The first-order chi connectivity index (χ1) is 9.04. The van der Waals surface area contributed by atoms with Gasteiger partial charge in [-0.05, 0) is 38.0 Å². The highest BCUT2D eigenvalue weighted by Crippen LogP contribution is 2.42. The smallest absolute Gasteiger partial charge is 0.166 e. The molecule has 3 rings (SSSR count). The molecule has 3 aromatic rings. The summed E-state index contributed by atoms with van der Waals surface area (Å²) < 4.78 is 39.8. The fourth-order valence-corrected chi connectivity index (χ4v) is 4.47. The number of benzene rings is 2. The molecule has 0 unspecified atom stereocenters. The van der Waals surface area contributed by atoms with E-state index in [-0.39, 0.29) is 0 Å².